The van der Waals surface area contributed by atoms with Gasteiger partial charge in [-0.3, -0.25) is 4.79 Å². The molecule has 2 aliphatic rings. The molecule has 9 nitrogen and oxygen atoms in total. The summed E-state index contributed by atoms with van der Waals surface area (Å²) in [6, 6.07) is 17.1. The number of para-hydroxylation sites is 2. The van der Waals surface area contributed by atoms with E-state index < -0.39 is 12.1 Å². The maximum atomic E-state index is 13.7. The number of alkyl halides is 3. The quantitative estimate of drug-likeness (QED) is 0.475. The molecule has 1 amide bonds. The van der Waals surface area contributed by atoms with Crippen LogP contribution in [-0.2, 0) is 9.53 Å². The highest BCUT2D eigenvalue weighted by atomic mass is 19.4. The first-order valence-corrected chi connectivity index (χ1v) is 12.4. The van der Waals surface area contributed by atoms with Crippen molar-refractivity contribution in [1.29, 1.82) is 0 Å². The Labute approximate surface area is 217 Å². The molecule has 0 bridgehead atoms. The SMILES string of the molecule is O=C(N(c1ccccc1)c1nc(N2CCOCC2)nc(N2CCC(Oc3ccccc3)CC2)n1)C(F)(F)F. The number of rotatable bonds is 6. The van der Waals surface area contributed by atoms with Gasteiger partial charge in [0.15, 0.2) is 0 Å². The third-order valence-corrected chi connectivity index (χ3v) is 6.32. The van der Waals surface area contributed by atoms with E-state index in [9.17, 15) is 18.0 Å². The molecule has 38 heavy (non-hydrogen) atoms. The largest absolute Gasteiger partial charge is 0.490 e. The van der Waals surface area contributed by atoms with E-state index in [-0.39, 0.29) is 29.6 Å². The minimum Gasteiger partial charge on any atom is -0.490 e. The van der Waals surface area contributed by atoms with Gasteiger partial charge >= 0.3 is 12.1 Å². The first kappa shape index (κ1) is 25.7. The van der Waals surface area contributed by atoms with Crippen LogP contribution in [0.5, 0.6) is 5.75 Å². The third kappa shape index (κ3) is 5.96. The molecule has 5 rings (SSSR count). The Hall–Kier alpha value is -3.93. The predicted molar refractivity (Wildman–Crippen MR) is 135 cm³/mol. The van der Waals surface area contributed by atoms with E-state index in [1.165, 1.54) is 12.1 Å². The second-order valence-corrected chi connectivity index (χ2v) is 8.93. The van der Waals surface area contributed by atoms with Crippen LogP contribution < -0.4 is 19.4 Å². The van der Waals surface area contributed by atoms with E-state index in [1.807, 2.05) is 40.1 Å². The van der Waals surface area contributed by atoms with Gasteiger partial charge in [-0.15, -0.1) is 0 Å². The monoisotopic (exact) mass is 528 g/mol. The number of anilines is 4. The second-order valence-electron chi connectivity index (χ2n) is 8.93. The molecule has 200 valence electrons. The highest BCUT2D eigenvalue weighted by Crippen LogP contribution is 2.32. The lowest BCUT2D eigenvalue weighted by Crippen LogP contribution is -2.42. The number of amides is 1. The lowest BCUT2D eigenvalue weighted by atomic mass is 10.1. The molecule has 1 aromatic heterocycles. The van der Waals surface area contributed by atoms with Gasteiger partial charge in [0, 0.05) is 39.0 Å². The van der Waals surface area contributed by atoms with E-state index in [0.717, 1.165) is 5.75 Å². The lowest BCUT2D eigenvalue weighted by molar-refractivity contribution is -0.169. The Morgan fingerprint density at radius 3 is 1.97 bits per heavy atom. The number of halogens is 3. The molecule has 2 fully saturated rings. The number of nitrogens with zero attached hydrogens (tertiary/aromatic N) is 6. The Balaban J connectivity index is 1.46. The van der Waals surface area contributed by atoms with Crippen LogP contribution in [-0.4, -0.2) is 72.5 Å². The topological polar surface area (TPSA) is 83.9 Å². The fourth-order valence-corrected chi connectivity index (χ4v) is 4.38. The summed E-state index contributed by atoms with van der Waals surface area (Å²) in [5, 5.41) is 0. The normalized spacial score (nSPS) is 16.8. The summed E-state index contributed by atoms with van der Waals surface area (Å²) in [5.74, 6) is -1.26. The van der Waals surface area contributed by atoms with Crippen LogP contribution in [0.25, 0.3) is 0 Å². The van der Waals surface area contributed by atoms with Crippen LogP contribution in [0.15, 0.2) is 60.7 Å². The summed E-state index contributed by atoms with van der Waals surface area (Å²) in [7, 11) is 0. The van der Waals surface area contributed by atoms with Crippen molar-refractivity contribution in [2.45, 2.75) is 25.1 Å². The van der Waals surface area contributed by atoms with Crippen LogP contribution in [0.3, 0.4) is 0 Å². The number of benzene rings is 2. The minimum atomic E-state index is -5.13. The molecule has 0 radical (unpaired) electrons. The minimum absolute atomic E-state index is 0.00914. The Morgan fingerprint density at radius 2 is 1.39 bits per heavy atom. The van der Waals surface area contributed by atoms with Crippen LogP contribution >= 0.6 is 0 Å². The van der Waals surface area contributed by atoms with Crippen molar-refractivity contribution in [1.82, 2.24) is 15.0 Å². The molecule has 0 aliphatic carbocycles. The standard InChI is InChI=1S/C26H27F3N6O3/c27-26(28,29)22(36)35(19-7-3-1-4-8-19)25-31-23(30-24(32-25)34-15-17-37-18-16-34)33-13-11-21(12-14-33)38-20-9-5-2-6-10-20/h1-10,21H,11-18H2. The van der Waals surface area contributed by atoms with Gasteiger partial charge in [0.25, 0.3) is 0 Å². The van der Waals surface area contributed by atoms with Gasteiger partial charge in [-0.1, -0.05) is 36.4 Å². The van der Waals surface area contributed by atoms with Crippen molar-refractivity contribution < 1.29 is 27.4 Å². The first-order valence-electron chi connectivity index (χ1n) is 12.4. The smallest absolute Gasteiger partial charge is 0.472 e. The van der Waals surface area contributed by atoms with Gasteiger partial charge in [0.2, 0.25) is 17.8 Å². The van der Waals surface area contributed by atoms with Crippen molar-refractivity contribution in [3.05, 3.63) is 60.7 Å². The van der Waals surface area contributed by atoms with E-state index in [1.54, 1.807) is 18.2 Å². The average Bonchev–Trinajstić information content (AvgIpc) is 2.94. The number of aromatic nitrogens is 3. The molecule has 2 aromatic carbocycles. The van der Waals surface area contributed by atoms with Crippen molar-refractivity contribution >= 4 is 29.4 Å². The van der Waals surface area contributed by atoms with Gasteiger partial charge in [-0.2, -0.15) is 28.1 Å². The molecule has 0 saturated carbocycles. The van der Waals surface area contributed by atoms with E-state index in [4.69, 9.17) is 9.47 Å². The van der Waals surface area contributed by atoms with Gasteiger partial charge in [0.05, 0.1) is 18.9 Å². The predicted octanol–water partition coefficient (Wildman–Crippen LogP) is 3.98. The van der Waals surface area contributed by atoms with Crippen molar-refractivity contribution in [2.75, 3.05) is 54.1 Å². The number of hydrogen-bond acceptors (Lipinski definition) is 8. The van der Waals surface area contributed by atoms with E-state index >= 15 is 0 Å². The number of ether oxygens (including phenoxy) is 2. The van der Waals surface area contributed by atoms with Gasteiger partial charge in [-0.25, -0.2) is 4.90 Å². The van der Waals surface area contributed by atoms with Gasteiger partial charge < -0.3 is 19.3 Å². The summed E-state index contributed by atoms with van der Waals surface area (Å²) >= 11 is 0. The number of morpholine rings is 1. The molecule has 0 spiro atoms. The molecular weight excluding hydrogens is 501 g/mol. The second kappa shape index (κ2) is 11.2. The van der Waals surface area contributed by atoms with Crippen molar-refractivity contribution in [3.8, 4) is 5.75 Å². The van der Waals surface area contributed by atoms with Crippen LogP contribution in [0.4, 0.5) is 36.7 Å². The third-order valence-electron chi connectivity index (χ3n) is 6.32. The summed E-state index contributed by atoms with van der Waals surface area (Å²) in [4.78, 5) is 30.1. The summed E-state index contributed by atoms with van der Waals surface area (Å²) < 4.78 is 52.5. The number of hydrogen-bond donors (Lipinski definition) is 0. The molecular formula is C26H27F3N6O3. The Morgan fingerprint density at radius 1 is 0.842 bits per heavy atom. The number of piperidine rings is 1. The molecule has 3 aromatic rings. The Kier molecular flexibility index (Phi) is 7.59. The molecule has 12 heteroatoms. The lowest BCUT2D eigenvalue weighted by Gasteiger charge is -2.34. The zero-order chi connectivity index (χ0) is 26.5. The molecule has 2 saturated heterocycles. The molecule has 0 N–H and O–H groups in total. The number of carbonyl (C=O) groups excluding carboxylic acids is 1. The van der Waals surface area contributed by atoms with E-state index in [0.29, 0.717) is 57.1 Å². The van der Waals surface area contributed by atoms with Crippen LogP contribution in [0.1, 0.15) is 12.8 Å². The molecule has 0 unspecified atom stereocenters. The van der Waals surface area contributed by atoms with Crippen LogP contribution in [0, 0.1) is 0 Å². The zero-order valence-electron chi connectivity index (χ0n) is 20.5. The van der Waals surface area contributed by atoms with Gasteiger partial charge in [0.1, 0.15) is 11.9 Å². The highest BCUT2D eigenvalue weighted by molar-refractivity contribution is 6.02. The molecule has 3 heterocycles. The van der Waals surface area contributed by atoms with Gasteiger partial charge in [-0.05, 0) is 24.3 Å². The molecule has 2 aliphatic heterocycles. The Bertz CT molecular complexity index is 1220. The average molecular weight is 529 g/mol. The van der Waals surface area contributed by atoms with Crippen molar-refractivity contribution in [2.24, 2.45) is 0 Å². The molecule has 0 atom stereocenters. The summed E-state index contributed by atoms with van der Waals surface area (Å²) in [6.45, 7) is 2.86. The maximum absolute atomic E-state index is 13.7. The van der Waals surface area contributed by atoms with Crippen LogP contribution in [0.2, 0.25) is 0 Å². The van der Waals surface area contributed by atoms with E-state index in [2.05, 4.69) is 15.0 Å². The highest BCUT2D eigenvalue weighted by Gasteiger charge is 2.45. The van der Waals surface area contributed by atoms with Crippen molar-refractivity contribution in [3.63, 3.8) is 0 Å². The summed E-state index contributed by atoms with van der Waals surface area (Å²) in [5.41, 5.74) is 0.00914. The fraction of sp³-hybridized carbons (Fsp3) is 0.385. The fourth-order valence-electron chi connectivity index (χ4n) is 4.38. The summed E-state index contributed by atoms with van der Waals surface area (Å²) in [6.07, 6.45) is -3.80. The number of carbonyl (C=O) groups is 1. The first-order chi connectivity index (χ1) is 18.4. The zero-order valence-corrected chi connectivity index (χ0v) is 20.5. The maximum Gasteiger partial charge on any atom is 0.472 e.